The summed E-state index contributed by atoms with van der Waals surface area (Å²) in [4.78, 5) is 11.5. The normalized spacial score (nSPS) is 22.4. The number of rotatable bonds is 2. The molecule has 4 heteroatoms. The molecule has 1 rings (SSSR count). The molecule has 1 atom stereocenters. The highest BCUT2D eigenvalue weighted by Gasteiger charge is 2.38. The average molecular weight is 266 g/mol. The number of ether oxygens (including phenoxy) is 1. The minimum Gasteiger partial charge on any atom is -0.469 e. The van der Waals surface area contributed by atoms with Gasteiger partial charge in [-0.05, 0) is 33.2 Å². The predicted octanol–water partition coefficient (Wildman–Crippen LogP) is 1.91. The number of esters is 1. The molecular weight excluding hydrogens is 246 g/mol. The zero-order valence-electron chi connectivity index (χ0n) is 9.13. The number of hydrogen-bond donors (Lipinski definition) is 1. The zero-order chi connectivity index (χ0) is 9.90. The maximum atomic E-state index is 11.5. The van der Waals surface area contributed by atoms with Gasteiger partial charge < -0.3 is 10.1 Å². The van der Waals surface area contributed by atoms with Crippen LogP contribution in [0.1, 0.15) is 33.1 Å². The molecule has 0 amide bonds. The van der Waals surface area contributed by atoms with Crippen molar-refractivity contribution in [2.24, 2.45) is 5.41 Å². The Labute approximate surface area is 96.4 Å². The van der Waals surface area contributed by atoms with Crippen LogP contribution in [-0.4, -0.2) is 25.7 Å². The lowest BCUT2D eigenvalue weighted by atomic mass is 9.80. The molecular formula is C10H20BrNO2. The van der Waals surface area contributed by atoms with E-state index in [4.69, 9.17) is 4.74 Å². The minimum absolute atomic E-state index is 0. The van der Waals surface area contributed by atoms with Gasteiger partial charge in [0.1, 0.15) is 0 Å². The van der Waals surface area contributed by atoms with E-state index in [1.165, 1.54) is 20.0 Å². The summed E-state index contributed by atoms with van der Waals surface area (Å²) >= 11 is 0. The molecule has 1 fully saturated rings. The summed E-state index contributed by atoms with van der Waals surface area (Å²) in [6.45, 7) is 4.91. The Kier molecular flexibility index (Phi) is 5.67. The van der Waals surface area contributed by atoms with Crippen LogP contribution in [0.4, 0.5) is 0 Å². The topological polar surface area (TPSA) is 38.3 Å². The van der Waals surface area contributed by atoms with Gasteiger partial charge in [0.05, 0.1) is 12.5 Å². The Morgan fingerprint density at radius 2 is 2.07 bits per heavy atom. The third-order valence-electron chi connectivity index (χ3n) is 2.89. The van der Waals surface area contributed by atoms with Gasteiger partial charge in [-0.1, -0.05) is 6.42 Å². The number of methoxy groups -OCH3 is 1. The second kappa shape index (κ2) is 5.71. The summed E-state index contributed by atoms with van der Waals surface area (Å²) in [6, 6.07) is 0.272. The van der Waals surface area contributed by atoms with E-state index < -0.39 is 5.41 Å². The highest BCUT2D eigenvalue weighted by molar-refractivity contribution is 8.93. The monoisotopic (exact) mass is 265 g/mol. The van der Waals surface area contributed by atoms with Crippen LogP contribution in [0.2, 0.25) is 0 Å². The fourth-order valence-electron chi connectivity index (χ4n) is 1.87. The van der Waals surface area contributed by atoms with Crippen molar-refractivity contribution in [2.75, 3.05) is 13.7 Å². The number of nitrogens with one attached hydrogen (secondary N) is 1. The lowest BCUT2D eigenvalue weighted by Crippen LogP contribution is -2.49. The molecule has 0 bridgehead atoms. The largest absolute Gasteiger partial charge is 0.469 e. The van der Waals surface area contributed by atoms with Crippen LogP contribution in [0.15, 0.2) is 0 Å². The van der Waals surface area contributed by atoms with E-state index in [1.807, 2.05) is 13.8 Å². The zero-order valence-corrected chi connectivity index (χ0v) is 10.8. The number of hydrogen-bond acceptors (Lipinski definition) is 3. The summed E-state index contributed by atoms with van der Waals surface area (Å²) < 4.78 is 4.79. The van der Waals surface area contributed by atoms with Crippen LogP contribution in [0, 0.1) is 5.41 Å². The molecule has 3 nitrogen and oxygen atoms in total. The Hall–Kier alpha value is -0.0900. The van der Waals surface area contributed by atoms with Gasteiger partial charge in [-0.25, -0.2) is 0 Å². The molecule has 14 heavy (non-hydrogen) atoms. The summed E-state index contributed by atoms with van der Waals surface area (Å²) in [5.41, 5.74) is -0.394. The van der Waals surface area contributed by atoms with Crippen molar-refractivity contribution >= 4 is 23.0 Å². The first-order valence-electron chi connectivity index (χ1n) is 4.91. The van der Waals surface area contributed by atoms with Gasteiger partial charge in [0.15, 0.2) is 0 Å². The first kappa shape index (κ1) is 13.9. The average Bonchev–Trinajstić information content (AvgIpc) is 2.18. The van der Waals surface area contributed by atoms with Crippen molar-refractivity contribution in [1.82, 2.24) is 5.32 Å². The van der Waals surface area contributed by atoms with Crippen molar-refractivity contribution in [1.29, 1.82) is 0 Å². The van der Waals surface area contributed by atoms with Crippen molar-refractivity contribution in [3.63, 3.8) is 0 Å². The molecule has 1 aliphatic rings. The first-order valence-corrected chi connectivity index (χ1v) is 4.91. The molecule has 1 N–H and O–H groups in total. The highest BCUT2D eigenvalue weighted by Crippen LogP contribution is 2.27. The van der Waals surface area contributed by atoms with Gasteiger partial charge in [-0.3, -0.25) is 4.79 Å². The van der Waals surface area contributed by atoms with Crippen LogP contribution >= 0.6 is 17.0 Å². The first-order chi connectivity index (χ1) is 6.09. The molecule has 0 aromatic rings. The molecule has 0 spiro atoms. The van der Waals surface area contributed by atoms with Crippen LogP contribution in [-0.2, 0) is 9.53 Å². The quantitative estimate of drug-likeness (QED) is 0.776. The van der Waals surface area contributed by atoms with Crippen molar-refractivity contribution in [2.45, 2.75) is 39.2 Å². The van der Waals surface area contributed by atoms with Crippen LogP contribution in [0.25, 0.3) is 0 Å². The van der Waals surface area contributed by atoms with Gasteiger partial charge in [0, 0.05) is 6.04 Å². The van der Waals surface area contributed by atoms with Crippen LogP contribution in [0.5, 0.6) is 0 Å². The van der Waals surface area contributed by atoms with E-state index in [0.29, 0.717) is 0 Å². The molecule has 84 valence electrons. The van der Waals surface area contributed by atoms with Gasteiger partial charge >= 0.3 is 5.97 Å². The van der Waals surface area contributed by atoms with Gasteiger partial charge in [-0.2, -0.15) is 0 Å². The van der Waals surface area contributed by atoms with Crippen molar-refractivity contribution in [3.8, 4) is 0 Å². The number of halogens is 1. The standard InChI is InChI=1S/C10H19NO2.BrH/c1-10(2,9(12)13-3)8-6-4-5-7-11-8;/h8,11H,4-7H2,1-3H3;1H. The molecule has 0 aromatic heterocycles. The van der Waals surface area contributed by atoms with E-state index in [-0.39, 0.29) is 29.0 Å². The lowest BCUT2D eigenvalue weighted by Gasteiger charge is -2.35. The van der Waals surface area contributed by atoms with Crippen LogP contribution in [0.3, 0.4) is 0 Å². The lowest BCUT2D eigenvalue weighted by molar-refractivity contribution is -0.152. The van der Waals surface area contributed by atoms with Crippen LogP contribution < -0.4 is 5.32 Å². The summed E-state index contributed by atoms with van der Waals surface area (Å²) in [5, 5.41) is 3.37. The van der Waals surface area contributed by atoms with Crippen molar-refractivity contribution < 1.29 is 9.53 Å². The van der Waals surface area contributed by atoms with E-state index in [1.54, 1.807) is 0 Å². The maximum Gasteiger partial charge on any atom is 0.312 e. The second-order valence-electron chi connectivity index (χ2n) is 4.22. The Morgan fingerprint density at radius 3 is 2.50 bits per heavy atom. The SMILES string of the molecule is Br.COC(=O)C(C)(C)C1CCCCN1. The summed E-state index contributed by atoms with van der Waals surface area (Å²) in [7, 11) is 1.45. The Morgan fingerprint density at radius 1 is 1.43 bits per heavy atom. The van der Waals surface area contributed by atoms with Crippen molar-refractivity contribution in [3.05, 3.63) is 0 Å². The third-order valence-corrected chi connectivity index (χ3v) is 2.89. The van der Waals surface area contributed by atoms with Gasteiger partial charge in [0.25, 0.3) is 0 Å². The molecule has 0 saturated carbocycles. The minimum atomic E-state index is -0.394. The highest BCUT2D eigenvalue weighted by atomic mass is 79.9. The predicted molar refractivity (Wildman–Crippen MR) is 61.8 cm³/mol. The molecule has 0 aromatic carbocycles. The Bertz CT molecular complexity index is 189. The number of carbonyl (C=O) groups is 1. The van der Waals surface area contributed by atoms with Gasteiger partial charge in [0.2, 0.25) is 0 Å². The van der Waals surface area contributed by atoms with E-state index >= 15 is 0 Å². The Balaban J connectivity index is 0.00000169. The second-order valence-corrected chi connectivity index (χ2v) is 4.22. The number of carbonyl (C=O) groups excluding carboxylic acids is 1. The van der Waals surface area contributed by atoms with E-state index in [2.05, 4.69) is 5.32 Å². The smallest absolute Gasteiger partial charge is 0.312 e. The summed E-state index contributed by atoms with van der Waals surface area (Å²) in [5.74, 6) is -0.119. The van der Waals surface area contributed by atoms with Gasteiger partial charge in [-0.15, -0.1) is 17.0 Å². The molecule has 0 aliphatic carbocycles. The molecule has 1 saturated heterocycles. The van der Waals surface area contributed by atoms with E-state index in [9.17, 15) is 4.79 Å². The summed E-state index contributed by atoms with van der Waals surface area (Å²) in [6.07, 6.45) is 3.49. The fraction of sp³-hybridized carbons (Fsp3) is 0.900. The molecule has 1 unspecified atom stereocenters. The molecule has 0 radical (unpaired) electrons. The van der Waals surface area contributed by atoms with E-state index in [0.717, 1.165) is 13.0 Å². The molecule has 1 heterocycles. The fourth-order valence-corrected chi connectivity index (χ4v) is 1.87. The number of piperidine rings is 1. The third kappa shape index (κ3) is 2.95. The maximum absolute atomic E-state index is 11.5. The molecule has 1 aliphatic heterocycles.